The summed E-state index contributed by atoms with van der Waals surface area (Å²) < 4.78 is 16.0. The molecule has 1 amide bonds. The van der Waals surface area contributed by atoms with Gasteiger partial charge in [0.2, 0.25) is 0 Å². The van der Waals surface area contributed by atoms with E-state index in [1.807, 2.05) is 103 Å². The second kappa shape index (κ2) is 13.7. The van der Waals surface area contributed by atoms with Gasteiger partial charge < -0.3 is 19.0 Å². The average molecular weight is 538 g/mol. The molecule has 0 spiro atoms. The van der Waals surface area contributed by atoms with Gasteiger partial charge in [0.15, 0.2) is 0 Å². The van der Waals surface area contributed by atoms with Gasteiger partial charge in [-0.25, -0.2) is 4.79 Å². The van der Waals surface area contributed by atoms with Crippen molar-refractivity contribution in [1.82, 2.24) is 5.06 Å². The highest BCUT2D eigenvalue weighted by atomic mass is 16.8. The van der Waals surface area contributed by atoms with E-state index in [2.05, 4.69) is 0 Å². The first-order valence-electron chi connectivity index (χ1n) is 12.9. The lowest BCUT2D eigenvalue weighted by Gasteiger charge is -2.27. The first kappa shape index (κ1) is 28.0. The lowest BCUT2D eigenvalue weighted by Crippen LogP contribution is -2.36. The molecule has 0 radical (unpaired) electrons. The van der Waals surface area contributed by atoms with Crippen molar-refractivity contribution in [2.75, 3.05) is 13.7 Å². The van der Waals surface area contributed by atoms with Crippen molar-refractivity contribution in [3.8, 4) is 17.2 Å². The minimum atomic E-state index is -0.934. The van der Waals surface area contributed by atoms with Gasteiger partial charge in [-0.3, -0.25) is 4.79 Å². The SMILES string of the molecule is CCOC(=O)ON(C(=O)c1ccc(C=Cc2cccc(Oc3ccc(OC)cc3)c2)cc1)C(C)c1ccccc1. The number of hydroxylamine groups is 2. The van der Waals surface area contributed by atoms with Crippen molar-refractivity contribution >= 4 is 24.2 Å². The summed E-state index contributed by atoms with van der Waals surface area (Å²) in [5, 5.41) is 1.05. The lowest BCUT2D eigenvalue weighted by atomic mass is 10.1. The van der Waals surface area contributed by atoms with Crippen LogP contribution in [0.4, 0.5) is 4.79 Å². The number of ether oxygens (including phenoxy) is 3. The molecule has 4 rings (SSSR count). The third kappa shape index (κ3) is 7.51. The third-order valence-electron chi connectivity index (χ3n) is 6.05. The van der Waals surface area contributed by atoms with Gasteiger partial charge in [0.25, 0.3) is 5.91 Å². The second-order valence-electron chi connectivity index (χ2n) is 8.80. The minimum absolute atomic E-state index is 0.137. The van der Waals surface area contributed by atoms with E-state index in [4.69, 9.17) is 19.0 Å². The molecule has 204 valence electrons. The molecule has 0 fully saturated rings. The molecule has 0 saturated heterocycles. The predicted molar refractivity (Wildman–Crippen MR) is 154 cm³/mol. The molecular weight excluding hydrogens is 506 g/mol. The molecule has 0 N–H and O–H groups in total. The Kier molecular flexibility index (Phi) is 9.56. The van der Waals surface area contributed by atoms with Crippen molar-refractivity contribution in [2.24, 2.45) is 0 Å². The molecule has 0 heterocycles. The lowest BCUT2D eigenvalue weighted by molar-refractivity contribution is -0.119. The summed E-state index contributed by atoms with van der Waals surface area (Å²) in [5.74, 6) is 1.73. The molecule has 0 aliphatic carbocycles. The molecule has 1 atom stereocenters. The van der Waals surface area contributed by atoms with Crippen LogP contribution < -0.4 is 9.47 Å². The van der Waals surface area contributed by atoms with Crippen LogP contribution in [0.2, 0.25) is 0 Å². The zero-order valence-corrected chi connectivity index (χ0v) is 22.7. The molecule has 0 saturated carbocycles. The number of amides is 1. The maximum Gasteiger partial charge on any atom is 0.533 e. The molecule has 7 heteroatoms. The first-order valence-corrected chi connectivity index (χ1v) is 12.9. The summed E-state index contributed by atoms with van der Waals surface area (Å²) in [6.07, 6.45) is 2.97. The number of nitrogens with zero attached hydrogens (tertiary/aromatic N) is 1. The van der Waals surface area contributed by atoms with Crippen LogP contribution in [0.25, 0.3) is 12.2 Å². The summed E-state index contributed by atoms with van der Waals surface area (Å²) in [4.78, 5) is 30.8. The number of rotatable bonds is 9. The Labute approximate surface area is 234 Å². The van der Waals surface area contributed by atoms with E-state index < -0.39 is 18.1 Å². The molecule has 40 heavy (non-hydrogen) atoms. The fourth-order valence-corrected chi connectivity index (χ4v) is 3.91. The van der Waals surface area contributed by atoms with Gasteiger partial charge in [-0.1, -0.05) is 66.7 Å². The van der Waals surface area contributed by atoms with Gasteiger partial charge in [0.05, 0.1) is 19.8 Å². The number of carbonyl (C=O) groups is 2. The highest BCUT2D eigenvalue weighted by Crippen LogP contribution is 2.26. The quantitative estimate of drug-likeness (QED) is 0.123. The van der Waals surface area contributed by atoms with Gasteiger partial charge in [-0.2, -0.15) is 5.06 Å². The van der Waals surface area contributed by atoms with E-state index in [0.717, 1.165) is 27.5 Å². The van der Waals surface area contributed by atoms with Crippen molar-refractivity contribution in [3.63, 3.8) is 0 Å². The molecule has 0 aliphatic heterocycles. The number of benzene rings is 4. The number of carbonyl (C=O) groups excluding carboxylic acids is 2. The molecule has 0 bridgehead atoms. The molecule has 0 aliphatic rings. The largest absolute Gasteiger partial charge is 0.533 e. The van der Waals surface area contributed by atoms with Gasteiger partial charge in [-0.05, 0) is 79.1 Å². The highest BCUT2D eigenvalue weighted by Gasteiger charge is 2.27. The summed E-state index contributed by atoms with van der Waals surface area (Å²) >= 11 is 0. The Morgan fingerprint density at radius 2 is 1.45 bits per heavy atom. The summed E-state index contributed by atoms with van der Waals surface area (Å²) in [6, 6.07) is 31.0. The van der Waals surface area contributed by atoms with E-state index in [1.165, 1.54) is 0 Å². The van der Waals surface area contributed by atoms with Crippen molar-refractivity contribution < 1.29 is 28.6 Å². The second-order valence-corrected chi connectivity index (χ2v) is 8.80. The Morgan fingerprint density at radius 3 is 2.12 bits per heavy atom. The van der Waals surface area contributed by atoms with Gasteiger partial charge >= 0.3 is 6.16 Å². The average Bonchev–Trinajstić information content (AvgIpc) is 2.99. The smallest absolute Gasteiger partial charge is 0.497 e. The molecule has 4 aromatic rings. The number of hydrogen-bond donors (Lipinski definition) is 0. The van der Waals surface area contributed by atoms with Crippen LogP contribution in [0, 0.1) is 0 Å². The van der Waals surface area contributed by atoms with E-state index in [1.54, 1.807) is 33.1 Å². The Bertz CT molecular complexity index is 1430. The predicted octanol–water partition coefficient (Wildman–Crippen LogP) is 7.95. The molecular formula is C33H31NO6. The van der Waals surface area contributed by atoms with Crippen LogP contribution in [-0.4, -0.2) is 30.8 Å². The van der Waals surface area contributed by atoms with Crippen molar-refractivity contribution in [1.29, 1.82) is 0 Å². The minimum Gasteiger partial charge on any atom is -0.497 e. The van der Waals surface area contributed by atoms with Crippen molar-refractivity contribution in [3.05, 3.63) is 125 Å². The van der Waals surface area contributed by atoms with E-state index >= 15 is 0 Å². The van der Waals surface area contributed by atoms with Crippen molar-refractivity contribution in [2.45, 2.75) is 19.9 Å². The molecule has 7 nitrogen and oxygen atoms in total. The van der Waals surface area contributed by atoms with E-state index in [0.29, 0.717) is 17.1 Å². The molecule has 4 aromatic carbocycles. The highest BCUT2D eigenvalue weighted by molar-refractivity contribution is 5.94. The van der Waals surface area contributed by atoms with Crippen LogP contribution in [0.3, 0.4) is 0 Å². The first-order chi connectivity index (χ1) is 19.5. The van der Waals surface area contributed by atoms with E-state index in [-0.39, 0.29) is 6.61 Å². The topological polar surface area (TPSA) is 74.3 Å². The standard InChI is InChI=1S/C33H31NO6/c1-4-38-33(36)40-34(24(2)27-10-6-5-7-11-27)32(35)28-17-15-25(16-18-28)13-14-26-9-8-12-31(23-26)39-30-21-19-29(37-3)20-22-30/h5-24H,4H2,1-3H3. The Balaban J connectivity index is 1.46. The summed E-state index contributed by atoms with van der Waals surface area (Å²) in [7, 11) is 1.62. The van der Waals surface area contributed by atoms with E-state index in [9.17, 15) is 9.59 Å². The maximum absolute atomic E-state index is 13.4. The van der Waals surface area contributed by atoms with Gasteiger partial charge in [0.1, 0.15) is 17.2 Å². The van der Waals surface area contributed by atoms with Crippen LogP contribution in [0.5, 0.6) is 17.2 Å². The number of hydrogen-bond acceptors (Lipinski definition) is 6. The summed E-state index contributed by atoms with van der Waals surface area (Å²) in [6.45, 7) is 3.60. The van der Waals surface area contributed by atoms with Crippen LogP contribution in [0.1, 0.15) is 46.9 Å². The van der Waals surface area contributed by atoms with Crippen LogP contribution >= 0.6 is 0 Å². The molecule has 0 aromatic heterocycles. The molecule has 1 unspecified atom stereocenters. The fraction of sp³-hybridized carbons (Fsp3) is 0.152. The fourth-order valence-electron chi connectivity index (χ4n) is 3.91. The maximum atomic E-state index is 13.4. The van der Waals surface area contributed by atoms with Gasteiger partial charge in [-0.15, -0.1) is 0 Å². The normalized spacial score (nSPS) is 11.5. The summed E-state index contributed by atoms with van der Waals surface area (Å²) in [5.41, 5.74) is 3.04. The Hall–Kier alpha value is -5.04. The van der Waals surface area contributed by atoms with Crippen LogP contribution in [0.15, 0.2) is 103 Å². The Morgan fingerprint density at radius 1 is 0.775 bits per heavy atom. The zero-order valence-electron chi connectivity index (χ0n) is 22.7. The van der Waals surface area contributed by atoms with Crippen LogP contribution in [-0.2, 0) is 9.57 Å². The zero-order chi connectivity index (χ0) is 28.3. The monoisotopic (exact) mass is 537 g/mol. The third-order valence-corrected chi connectivity index (χ3v) is 6.05. The van der Waals surface area contributed by atoms with Gasteiger partial charge in [0, 0.05) is 5.56 Å². The number of methoxy groups -OCH3 is 1.